The predicted octanol–water partition coefficient (Wildman–Crippen LogP) is 4.74. The van der Waals surface area contributed by atoms with Gasteiger partial charge < -0.3 is 9.88 Å². The molecule has 0 spiro atoms. The van der Waals surface area contributed by atoms with Crippen LogP contribution in [0.2, 0.25) is 0 Å². The van der Waals surface area contributed by atoms with Crippen LogP contribution in [0.15, 0.2) is 53.5 Å². The number of carbonyl (C=O) groups excluding carboxylic acids is 1. The van der Waals surface area contributed by atoms with Gasteiger partial charge in [0.2, 0.25) is 0 Å². The zero-order valence-corrected chi connectivity index (χ0v) is 15.2. The Labute approximate surface area is 147 Å². The molecule has 2 aromatic heterocycles. The third kappa shape index (κ3) is 3.41. The number of fused-ring (bicyclic) bond motifs is 1. The van der Waals surface area contributed by atoms with Gasteiger partial charge in [-0.05, 0) is 36.8 Å². The molecule has 1 aromatic carbocycles. The molecule has 0 bridgehead atoms. The lowest BCUT2D eigenvalue weighted by atomic mass is 10.2. The maximum atomic E-state index is 12.4. The van der Waals surface area contributed by atoms with Crippen molar-refractivity contribution in [3.63, 3.8) is 0 Å². The lowest BCUT2D eigenvalue weighted by molar-refractivity contribution is 0.0949. The Balaban J connectivity index is 2.02. The van der Waals surface area contributed by atoms with Crippen LogP contribution in [0.5, 0.6) is 0 Å². The summed E-state index contributed by atoms with van der Waals surface area (Å²) in [7, 11) is 0. The number of benzene rings is 1. The fraction of sp³-hybridized carbons (Fsp3) is 0.167. The number of carbonyl (C=O) groups is 1. The average molecular weight is 389 g/mol. The van der Waals surface area contributed by atoms with Crippen molar-refractivity contribution in [2.45, 2.75) is 13.5 Å². The summed E-state index contributed by atoms with van der Waals surface area (Å²) in [5, 5.41) is 2.87. The van der Waals surface area contributed by atoms with Gasteiger partial charge in [-0.1, -0.05) is 34.1 Å². The van der Waals surface area contributed by atoms with Gasteiger partial charge in [-0.2, -0.15) is 0 Å². The van der Waals surface area contributed by atoms with Crippen molar-refractivity contribution in [1.29, 1.82) is 0 Å². The first-order valence-electron chi connectivity index (χ1n) is 7.31. The molecule has 0 fully saturated rings. The lowest BCUT2D eigenvalue weighted by Gasteiger charge is -2.10. The first-order valence-corrected chi connectivity index (χ1v) is 8.92. The third-order valence-corrected chi connectivity index (χ3v) is 5.12. The minimum Gasteiger partial charge on any atom is -0.347 e. The molecule has 1 N–H and O–H groups in total. The van der Waals surface area contributed by atoms with Gasteiger partial charge in [0.25, 0.3) is 5.91 Å². The van der Waals surface area contributed by atoms with Crippen molar-refractivity contribution in [2.75, 3.05) is 6.54 Å². The van der Waals surface area contributed by atoms with E-state index in [0.717, 1.165) is 20.3 Å². The predicted molar refractivity (Wildman–Crippen MR) is 100 cm³/mol. The molecule has 0 saturated carbocycles. The standard InChI is InChI=1S/C18H17BrN2OS/c1-3-8-20-18(22)16-10-17-15(9-12(2)23-17)21(16)11-13-4-6-14(19)7-5-13/h3-7,9-10H,1,8,11H2,2H3,(H,20,22). The topological polar surface area (TPSA) is 34.0 Å². The van der Waals surface area contributed by atoms with Crippen LogP contribution in [0.1, 0.15) is 20.9 Å². The summed E-state index contributed by atoms with van der Waals surface area (Å²) in [5.41, 5.74) is 2.96. The molecule has 23 heavy (non-hydrogen) atoms. The summed E-state index contributed by atoms with van der Waals surface area (Å²) in [6.07, 6.45) is 1.69. The number of amides is 1. The Morgan fingerprint density at radius 3 is 2.78 bits per heavy atom. The quantitative estimate of drug-likeness (QED) is 0.629. The number of thiophene rings is 1. The molecular weight excluding hydrogens is 372 g/mol. The maximum Gasteiger partial charge on any atom is 0.268 e. The van der Waals surface area contributed by atoms with E-state index < -0.39 is 0 Å². The van der Waals surface area contributed by atoms with Gasteiger partial charge in [-0.3, -0.25) is 4.79 Å². The number of nitrogens with one attached hydrogen (secondary N) is 1. The van der Waals surface area contributed by atoms with Crippen molar-refractivity contribution < 1.29 is 4.79 Å². The summed E-state index contributed by atoms with van der Waals surface area (Å²) < 4.78 is 4.28. The van der Waals surface area contributed by atoms with Gasteiger partial charge in [0.05, 0.1) is 10.2 Å². The molecule has 0 radical (unpaired) electrons. The van der Waals surface area contributed by atoms with Gasteiger partial charge in [0.15, 0.2) is 0 Å². The van der Waals surface area contributed by atoms with E-state index in [-0.39, 0.29) is 5.91 Å². The number of rotatable bonds is 5. The second-order valence-corrected chi connectivity index (χ2v) is 7.55. The molecule has 0 atom stereocenters. The van der Waals surface area contributed by atoms with Gasteiger partial charge in [-0.25, -0.2) is 0 Å². The number of aryl methyl sites for hydroxylation is 1. The van der Waals surface area contributed by atoms with Crippen LogP contribution in [0.25, 0.3) is 10.2 Å². The Bertz CT molecular complexity index is 861. The Hall–Kier alpha value is -1.85. The van der Waals surface area contributed by atoms with Gasteiger partial charge in [-0.15, -0.1) is 17.9 Å². The summed E-state index contributed by atoms with van der Waals surface area (Å²) in [5.74, 6) is -0.0666. The van der Waals surface area contributed by atoms with E-state index >= 15 is 0 Å². The van der Waals surface area contributed by atoms with E-state index in [1.165, 1.54) is 4.88 Å². The smallest absolute Gasteiger partial charge is 0.268 e. The molecule has 3 nitrogen and oxygen atoms in total. The van der Waals surface area contributed by atoms with Crippen molar-refractivity contribution in [3.05, 3.63) is 69.7 Å². The second kappa shape index (κ2) is 6.72. The normalized spacial score (nSPS) is 10.9. The van der Waals surface area contributed by atoms with Crippen LogP contribution < -0.4 is 5.32 Å². The van der Waals surface area contributed by atoms with Crippen molar-refractivity contribution in [1.82, 2.24) is 9.88 Å². The van der Waals surface area contributed by atoms with Gasteiger partial charge in [0, 0.05) is 22.4 Å². The van der Waals surface area contributed by atoms with Crippen molar-refractivity contribution in [2.24, 2.45) is 0 Å². The van der Waals surface area contributed by atoms with Crippen LogP contribution in [0, 0.1) is 6.92 Å². The summed E-state index contributed by atoms with van der Waals surface area (Å²) in [6, 6.07) is 12.3. The average Bonchev–Trinajstić information content (AvgIpc) is 3.04. The number of nitrogens with zero attached hydrogens (tertiary/aromatic N) is 1. The highest BCUT2D eigenvalue weighted by Crippen LogP contribution is 2.29. The van der Waals surface area contributed by atoms with Crippen molar-refractivity contribution in [3.8, 4) is 0 Å². The minimum atomic E-state index is -0.0666. The Kier molecular flexibility index (Phi) is 4.68. The maximum absolute atomic E-state index is 12.4. The molecule has 0 aliphatic heterocycles. The van der Waals surface area contributed by atoms with E-state index in [9.17, 15) is 4.79 Å². The largest absolute Gasteiger partial charge is 0.347 e. The molecule has 0 unspecified atom stereocenters. The van der Waals surface area contributed by atoms with E-state index in [2.05, 4.69) is 57.5 Å². The first-order chi connectivity index (χ1) is 11.1. The Morgan fingerprint density at radius 2 is 2.09 bits per heavy atom. The highest BCUT2D eigenvalue weighted by molar-refractivity contribution is 9.10. The van der Waals surface area contributed by atoms with Crippen LogP contribution in [0.3, 0.4) is 0 Å². The highest BCUT2D eigenvalue weighted by atomic mass is 79.9. The fourth-order valence-corrected chi connectivity index (χ4v) is 3.78. The number of hydrogen-bond acceptors (Lipinski definition) is 2. The molecule has 3 aromatic rings. The highest BCUT2D eigenvalue weighted by Gasteiger charge is 2.17. The SMILES string of the molecule is C=CCNC(=O)c1cc2sc(C)cc2n1Cc1ccc(Br)cc1. The monoisotopic (exact) mass is 388 g/mol. The molecule has 1 amide bonds. The third-order valence-electron chi connectivity index (χ3n) is 3.61. The van der Waals surface area contributed by atoms with Crippen LogP contribution in [0.4, 0.5) is 0 Å². The molecule has 0 saturated heterocycles. The zero-order valence-electron chi connectivity index (χ0n) is 12.8. The summed E-state index contributed by atoms with van der Waals surface area (Å²) in [4.78, 5) is 13.7. The number of aromatic nitrogens is 1. The van der Waals surface area contributed by atoms with E-state index in [1.807, 2.05) is 18.2 Å². The molecule has 0 aliphatic carbocycles. The molecule has 0 aliphatic rings. The number of halogens is 1. The zero-order chi connectivity index (χ0) is 16.4. The molecule has 2 heterocycles. The van der Waals surface area contributed by atoms with E-state index in [4.69, 9.17) is 0 Å². The molecule has 5 heteroatoms. The van der Waals surface area contributed by atoms with Crippen LogP contribution in [-0.4, -0.2) is 17.0 Å². The second-order valence-electron chi connectivity index (χ2n) is 5.35. The Morgan fingerprint density at radius 1 is 1.35 bits per heavy atom. The lowest BCUT2D eigenvalue weighted by Crippen LogP contribution is -2.26. The van der Waals surface area contributed by atoms with E-state index in [0.29, 0.717) is 18.8 Å². The van der Waals surface area contributed by atoms with Gasteiger partial charge in [0.1, 0.15) is 5.69 Å². The summed E-state index contributed by atoms with van der Waals surface area (Å²) >= 11 is 5.17. The summed E-state index contributed by atoms with van der Waals surface area (Å²) in [6.45, 7) is 6.87. The first kappa shape index (κ1) is 16.0. The fourth-order valence-electron chi connectivity index (χ4n) is 2.55. The van der Waals surface area contributed by atoms with Crippen LogP contribution >= 0.6 is 27.3 Å². The van der Waals surface area contributed by atoms with Crippen LogP contribution in [-0.2, 0) is 6.54 Å². The molecule has 3 rings (SSSR count). The van der Waals surface area contributed by atoms with Crippen molar-refractivity contribution >= 4 is 43.4 Å². The number of hydrogen-bond donors (Lipinski definition) is 1. The molecular formula is C18H17BrN2OS. The minimum absolute atomic E-state index is 0.0666. The van der Waals surface area contributed by atoms with E-state index in [1.54, 1.807) is 17.4 Å². The van der Waals surface area contributed by atoms with Gasteiger partial charge >= 0.3 is 0 Å². The molecule has 118 valence electrons.